The molecule has 2 aromatic carbocycles. The molecule has 3 N–H and O–H groups in total. The number of carboxylic acid groups (broad SMARTS) is 1. The second kappa shape index (κ2) is 7.15. The molecule has 0 fully saturated rings. The van der Waals surface area contributed by atoms with Crippen molar-refractivity contribution < 1.29 is 34.4 Å². The van der Waals surface area contributed by atoms with Gasteiger partial charge in [0.05, 0.1) is 23.8 Å². The van der Waals surface area contributed by atoms with Gasteiger partial charge in [0.15, 0.2) is 12.6 Å². The van der Waals surface area contributed by atoms with Crippen molar-refractivity contribution in [2.24, 2.45) is 0 Å². The number of phenols is 1. The maximum absolute atomic E-state index is 12.5. The molecule has 0 aliphatic carbocycles. The van der Waals surface area contributed by atoms with Gasteiger partial charge in [-0.05, 0) is 31.2 Å². The highest BCUT2D eigenvalue weighted by molar-refractivity contribution is 5.99. The van der Waals surface area contributed by atoms with Crippen molar-refractivity contribution in [3.05, 3.63) is 58.1 Å². The summed E-state index contributed by atoms with van der Waals surface area (Å²) in [5.41, 5.74) is 1.58. The number of aromatic carboxylic acids is 1. The minimum Gasteiger partial charge on any atom is -0.507 e. The Balaban J connectivity index is 1.93. The van der Waals surface area contributed by atoms with Crippen LogP contribution in [0.1, 0.15) is 49.9 Å². The lowest BCUT2D eigenvalue weighted by Crippen LogP contribution is -2.17. The number of hydrogen-bond donors (Lipinski definition) is 3. The number of fused-ring (bicyclic) bond motifs is 1. The molecule has 1 heterocycles. The molecule has 1 atom stereocenters. The minimum absolute atomic E-state index is 0.0221. The summed E-state index contributed by atoms with van der Waals surface area (Å²) in [7, 11) is 0. The maximum Gasteiger partial charge on any atom is 0.335 e. The highest BCUT2D eigenvalue weighted by Gasteiger charge is 2.25. The predicted molar refractivity (Wildman–Crippen MR) is 90.4 cm³/mol. The number of carbonyl (C=O) groups excluding carboxylic acids is 1. The standard InChI is InChI=1S/C19H18O7/c1-10-2-3-15(20)13(4-10)16(21)7-17(22)14-6-11(19(23)24)5-12-8-25-9-26-18(12)14/h2-6,17,20,22H,7-9H2,1H3,(H,23,24). The van der Waals surface area contributed by atoms with Crippen molar-refractivity contribution in [2.45, 2.75) is 26.1 Å². The molecule has 7 heteroatoms. The molecular weight excluding hydrogens is 340 g/mol. The topological polar surface area (TPSA) is 113 Å². The normalized spacial score (nSPS) is 14.2. The molecule has 1 aliphatic rings. The Bertz CT molecular complexity index is 872. The number of carbonyl (C=O) groups is 2. The molecule has 136 valence electrons. The van der Waals surface area contributed by atoms with Gasteiger partial charge in [0.1, 0.15) is 11.5 Å². The first-order valence-corrected chi connectivity index (χ1v) is 7.98. The van der Waals surface area contributed by atoms with Crippen LogP contribution >= 0.6 is 0 Å². The second-order valence-corrected chi connectivity index (χ2v) is 6.13. The SMILES string of the molecule is Cc1ccc(O)c(C(=O)CC(O)c2cc(C(=O)O)cc3c2OCOC3)c1. The molecule has 3 rings (SSSR count). The highest BCUT2D eigenvalue weighted by atomic mass is 16.7. The molecular formula is C19H18O7. The van der Waals surface area contributed by atoms with E-state index in [2.05, 4.69) is 0 Å². The van der Waals surface area contributed by atoms with E-state index in [1.54, 1.807) is 13.0 Å². The van der Waals surface area contributed by atoms with Crippen molar-refractivity contribution >= 4 is 11.8 Å². The van der Waals surface area contributed by atoms with Crippen molar-refractivity contribution in [3.8, 4) is 11.5 Å². The zero-order valence-corrected chi connectivity index (χ0v) is 14.1. The van der Waals surface area contributed by atoms with Crippen LogP contribution in [0.15, 0.2) is 30.3 Å². The number of carboxylic acids is 1. The van der Waals surface area contributed by atoms with E-state index in [0.29, 0.717) is 11.3 Å². The van der Waals surface area contributed by atoms with Gasteiger partial charge >= 0.3 is 5.97 Å². The average Bonchev–Trinajstić information content (AvgIpc) is 2.62. The fraction of sp³-hybridized carbons (Fsp3) is 0.263. The summed E-state index contributed by atoms with van der Waals surface area (Å²) < 4.78 is 10.6. The van der Waals surface area contributed by atoms with Gasteiger partial charge in [-0.25, -0.2) is 4.79 Å². The zero-order chi connectivity index (χ0) is 18.8. The first-order chi connectivity index (χ1) is 12.4. The highest BCUT2D eigenvalue weighted by Crippen LogP contribution is 2.36. The van der Waals surface area contributed by atoms with Crippen LogP contribution in [-0.4, -0.2) is 33.9 Å². The Hall–Kier alpha value is -2.90. The minimum atomic E-state index is -1.28. The van der Waals surface area contributed by atoms with Crippen LogP contribution in [0.4, 0.5) is 0 Å². The number of Topliss-reactive ketones (excluding diaryl/α,β-unsaturated/α-hetero) is 1. The van der Waals surface area contributed by atoms with Crippen molar-refractivity contribution in [3.63, 3.8) is 0 Å². The first kappa shape index (κ1) is 17.9. The smallest absolute Gasteiger partial charge is 0.335 e. The van der Waals surface area contributed by atoms with Gasteiger partial charge in [-0.3, -0.25) is 4.79 Å². The summed E-state index contributed by atoms with van der Waals surface area (Å²) in [5, 5.41) is 29.7. The van der Waals surface area contributed by atoms with Crippen LogP contribution in [0.2, 0.25) is 0 Å². The van der Waals surface area contributed by atoms with Crippen LogP contribution in [0.25, 0.3) is 0 Å². The average molecular weight is 358 g/mol. The number of ether oxygens (including phenoxy) is 2. The third-order valence-corrected chi connectivity index (χ3v) is 4.18. The van der Waals surface area contributed by atoms with Gasteiger partial charge in [0.2, 0.25) is 0 Å². The van der Waals surface area contributed by atoms with E-state index in [9.17, 15) is 24.9 Å². The number of hydrogen-bond acceptors (Lipinski definition) is 6. The lowest BCUT2D eigenvalue weighted by molar-refractivity contribution is -0.0186. The summed E-state index contributed by atoms with van der Waals surface area (Å²) in [6.07, 6.45) is -1.61. The fourth-order valence-corrected chi connectivity index (χ4v) is 2.89. The molecule has 0 amide bonds. The maximum atomic E-state index is 12.5. The number of aryl methyl sites for hydroxylation is 1. The van der Waals surface area contributed by atoms with E-state index in [1.165, 1.54) is 24.3 Å². The van der Waals surface area contributed by atoms with E-state index >= 15 is 0 Å². The quantitative estimate of drug-likeness (QED) is 0.704. The number of ketones is 1. The van der Waals surface area contributed by atoms with E-state index in [4.69, 9.17) is 9.47 Å². The largest absolute Gasteiger partial charge is 0.507 e. The second-order valence-electron chi connectivity index (χ2n) is 6.13. The summed E-state index contributed by atoms with van der Waals surface area (Å²) >= 11 is 0. The van der Waals surface area contributed by atoms with Crippen LogP contribution in [0.5, 0.6) is 11.5 Å². The molecule has 0 radical (unpaired) electrons. The first-order valence-electron chi connectivity index (χ1n) is 7.98. The Morgan fingerprint density at radius 3 is 2.73 bits per heavy atom. The van der Waals surface area contributed by atoms with Crippen molar-refractivity contribution in [2.75, 3.05) is 6.79 Å². The lowest BCUT2D eigenvalue weighted by atomic mass is 9.94. The Morgan fingerprint density at radius 2 is 2.00 bits per heavy atom. The van der Waals surface area contributed by atoms with Gasteiger partial charge in [0.25, 0.3) is 0 Å². The van der Waals surface area contributed by atoms with E-state index in [0.717, 1.165) is 5.56 Å². The van der Waals surface area contributed by atoms with Gasteiger partial charge in [-0.1, -0.05) is 11.6 Å². The number of aromatic hydroxyl groups is 1. The molecule has 1 unspecified atom stereocenters. The molecule has 26 heavy (non-hydrogen) atoms. The molecule has 7 nitrogen and oxygen atoms in total. The van der Waals surface area contributed by atoms with E-state index < -0.39 is 17.9 Å². The lowest BCUT2D eigenvalue weighted by Gasteiger charge is -2.23. The predicted octanol–water partition coefficient (Wildman–Crippen LogP) is 2.57. The van der Waals surface area contributed by atoms with Crippen molar-refractivity contribution in [1.29, 1.82) is 0 Å². The van der Waals surface area contributed by atoms with Crippen LogP contribution < -0.4 is 4.74 Å². The molecule has 0 spiro atoms. The molecule has 0 saturated heterocycles. The number of rotatable bonds is 5. The molecule has 0 bridgehead atoms. The van der Waals surface area contributed by atoms with Crippen LogP contribution in [0, 0.1) is 6.92 Å². The number of aliphatic hydroxyl groups excluding tert-OH is 1. The number of phenolic OH excluding ortho intramolecular Hbond substituents is 1. The Labute approximate surface area is 149 Å². The van der Waals surface area contributed by atoms with Gasteiger partial charge in [-0.2, -0.15) is 0 Å². The van der Waals surface area contributed by atoms with Gasteiger partial charge in [-0.15, -0.1) is 0 Å². The zero-order valence-electron chi connectivity index (χ0n) is 14.1. The van der Waals surface area contributed by atoms with E-state index in [1.807, 2.05) is 0 Å². The summed E-state index contributed by atoms with van der Waals surface area (Å²) in [6.45, 7) is 1.92. The van der Waals surface area contributed by atoms with Gasteiger partial charge in [0, 0.05) is 17.5 Å². The number of benzene rings is 2. The molecule has 0 saturated carbocycles. The Kier molecular flexibility index (Phi) is 4.92. The van der Waals surface area contributed by atoms with Gasteiger partial charge < -0.3 is 24.8 Å². The molecule has 1 aliphatic heterocycles. The summed E-state index contributed by atoms with van der Waals surface area (Å²) in [6, 6.07) is 7.34. The molecule has 2 aromatic rings. The van der Waals surface area contributed by atoms with E-state index in [-0.39, 0.29) is 42.3 Å². The third kappa shape index (κ3) is 3.54. The monoisotopic (exact) mass is 358 g/mol. The van der Waals surface area contributed by atoms with Crippen LogP contribution in [-0.2, 0) is 11.3 Å². The summed E-state index contributed by atoms with van der Waals surface area (Å²) in [5.74, 6) is -1.46. The third-order valence-electron chi connectivity index (χ3n) is 4.18. The molecule has 0 aromatic heterocycles. The summed E-state index contributed by atoms with van der Waals surface area (Å²) in [4.78, 5) is 23.8. The fourth-order valence-electron chi connectivity index (χ4n) is 2.89. The Morgan fingerprint density at radius 1 is 1.23 bits per heavy atom. The number of aliphatic hydroxyl groups is 1. The van der Waals surface area contributed by atoms with Crippen molar-refractivity contribution in [1.82, 2.24) is 0 Å². The van der Waals surface area contributed by atoms with Crippen LogP contribution in [0.3, 0.4) is 0 Å².